The molecule has 0 fully saturated rings. The number of aromatic nitrogens is 3. The van der Waals surface area contributed by atoms with Gasteiger partial charge in [-0.2, -0.15) is 0 Å². The van der Waals surface area contributed by atoms with Gasteiger partial charge in [0.25, 0.3) is 0 Å². The third-order valence-corrected chi connectivity index (χ3v) is 10.6. The van der Waals surface area contributed by atoms with E-state index in [4.69, 9.17) is 14.4 Å². The number of fused-ring (bicyclic) bond motifs is 6. The molecule has 0 N–H and O–H groups in total. The van der Waals surface area contributed by atoms with Crippen molar-refractivity contribution in [3.8, 4) is 67.3 Å². The standard InChI is InChI=1S/C48H33N3O/c1-48(2)41-23-5-3-20-40(41)45-43(48)44(50-47(51-45)35-17-9-14-32(28-35)36-18-11-25-49-29-36)34-16-8-13-31(27-34)30-12-7-15-33(26-30)37-21-10-22-39-38-19-4-6-24-42(38)52-46(37)39/h3-29H,1-2H3. The van der Waals surface area contributed by atoms with Crippen LogP contribution in [0.3, 0.4) is 0 Å². The predicted octanol–water partition coefficient (Wildman–Crippen LogP) is 12.4. The van der Waals surface area contributed by atoms with Crippen molar-refractivity contribution in [1.82, 2.24) is 15.0 Å². The van der Waals surface area contributed by atoms with Gasteiger partial charge < -0.3 is 4.42 Å². The topological polar surface area (TPSA) is 51.8 Å². The van der Waals surface area contributed by atoms with Crippen molar-refractivity contribution in [2.24, 2.45) is 0 Å². The van der Waals surface area contributed by atoms with Gasteiger partial charge in [0.05, 0.1) is 11.4 Å². The zero-order chi connectivity index (χ0) is 34.8. The minimum atomic E-state index is -0.279. The van der Waals surface area contributed by atoms with Gasteiger partial charge in [-0.05, 0) is 58.1 Å². The molecule has 0 spiro atoms. The largest absolute Gasteiger partial charge is 0.455 e. The maximum atomic E-state index is 6.41. The summed E-state index contributed by atoms with van der Waals surface area (Å²) in [6.07, 6.45) is 3.69. The van der Waals surface area contributed by atoms with Gasteiger partial charge in [0.2, 0.25) is 0 Å². The Bertz CT molecular complexity index is 2830. The fourth-order valence-corrected chi connectivity index (χ4v) is 8.01. The smallest absolute Gasteiger partial charge is 0.160 e. The number of furan rings is 1. The number of pyridine rings is 1. The summed E-state index contributed by atoms with van der Waals surface area (Å²) in [6.45, 7) is 4.58. The number of hydrogen-bond donors (Lipinski definition) is 0. The Morgan fingerprint density at radius 3 is 1.90 bits per heavy atom. The van der Waals surface area contributed by atoms with Crippen LogP contribution < -0.4 is 0 Å². The van der Waals surface area contributed by atoms with Gasteiger partial charge in [0, 0.05) is 62.0 Å². The van der Waals surface area contributed by atoms with Crippen molar-refractivity contribution >= 4 is 21.9 Å². The quantitative estimate of drug-likeness (QED) is 0.183. The molecule has 3 aromatic heterocycles. The molecule has 0 bridgehead atoms. The Morgan fingerprint density at radius 1 is 0.481 bits per heavy atom. The lowest BCUT2D eigenvalue weighted by atomic mass is 9.80. The summed E-state index contributed by atoms with van der Waals surface area (Å²) in [7, 11) is 0. The number of nitrogens with zero attached hydrogens (tertiary/aromatic N) is 3. The van der Waals surface area contributed by atoms with Crippen LogP contribution in [0.1, 0.15) is 25.0 Å². The second-order valence-corrected chi connectivity index (χ2v) is 14.1. The minimum absolute atomic E-state index is 0.279. The van der Waals surface area contributed by atoms with Gasteiger partial charge in [-0.15, -0.1) is 0 Å². The van der Waals surface area contributed by atoms with Crippen LogP contribution in [-0.4, -0.2) is 15.0 Å². The summed E-state index contributed by atoms with van der Waals surface area (Å²) in [5.74, 6) is 0.707. The molecular formula is C48H33N3O. The molecule has 0 saturated carbocycles. The molecule has 0 saturated heterocycles. The molecule has 246 valence electrons. The average molecular weight is 668 g/mol. The normalized spacial score (nSPS) is 13.0. The summed E-state index contributed by atoms with van der Waals surface area (Å²) in [5.41, 5.74) is 15.7. The van der Waals surface area contributed by atoms with Gasteiger partial charge in [0.1, 0.15) is 11.2 Å². The molecule has 6 aromatic carbocycles. The van der Waals surface area contributed by atoms with Crippen LogP contribution in [0.5, 0.6) is 0 Å². The molecule has 1 aliphatic rings. The highest BCUT2D eigenvalue weighted by Gasteiger charge is 2.40. The van der Waals surface area contributed by atoms with Gasteiger partial charge in [-0.25, -0.2) is 9.97 Å². The van der Waals surface area contributed by atoms with Crippen molar-refractivity contribution in [2.75, 3.05) is 0 Å². The molecule has 0 amide bonds. The van der Waals surface area contributed by atoms with E-state index < -0.39 is 0 Å². The molecule has 10 rings (SSSR count). The number of para-hydroxylation sites is 2. The Morgan fingerprint density at radius 2 is 1.08 bits per heavy atom. The maximum Gasteiger partial charge on any atom is 0.160 e. The van der Waals surface area contributed by atoms with Gasteiger partial charge in [0.15, 0.2) is 5.82 Å². The summed E-state index contributed by atoms with van der Waals surface area (Å²) < 4.78 is 6.41. The van der Waals surface area contributed by atoms with Crippen molar-refractivity contribution in [1.29, 1.82) is 0 Å². The van der Waals surface area contributed by atoms with E-state index in [0.717, 1.165) is 83.4 Å². The van der Waals surface area contributed by atoms with E-state index in [-0.39, 0.29) is 5.41 Å². The predicted molar refractivity (Wildman–Crippen MR) is 212 cm³/mol. The first kappa shape index (κ1) is 30.2. The van der Waals surface area contributed by atoms with Gasteiger partial charge in [-0.1, -0.05) is 135 Å². The highest BCUT2D eigenvalue weighted by molar-refractivity contribution is 6.09. The first-order valence-corrected chi connectivity index (χ1v) is 17.7. The molecule has 4 nitrogen and oxygen atoms in total. The Kier molecular flexibility index (Phi) is 6.80. The molecule has 52 heavy (non-hydrogen) atoms. The number of rotatable bonds is 5. The lowest BCUT2D eigenvalue weighted by Crippen LogP contribution is -2.17. The zero-order valence-corrected chi connectivity index (χ0v) is 28.8. The highest BCUT2D eigenvalue weighted by Crippen LogP contribution is 2.51. The van der Waals surface area contributed by atoms with E-state index in [9.17, 15) is 0 Å². The van der Waals surface area contributed by atoms with Crippen LogP contribution in [0.4, 0.5) is 0 Å². The SMILES string of the molecule is CC1(C)c2ccccc2-c2nc(-c3cccc(-c4cccnc4)c3)nc(-c3cccc(-c4cccc(-c5cccc6c5oc5ccccc56)c4)c3)c21. The van der Waals surface area contributed by atoms with E-state index in [2.05, 4.69) is 152 Å². The van der Waals surface area contributed by atoms with Crippen LogP contribution in [-0.2, 0) is 5.41 Å². The molecule has 0 unspecified atom stereocenters. The summed E-state index contributed by atoms with van der Waals surface area (Å²) in [5, 5.41) is 2.26. The van der Waals surface area contributed by atoms with Crippen molar-refractivity contribution in [3.05, 3.63) is 175 Å². The van der Waals surface area contributed by atoms with Gasteiger partial charge >= 0.3 is 0 Å². The van der Waals surface area contributed by atoms with Crippen LogP contribution >= 0.6 is 0 Å². The molecule has 9 aromatic rings. The fourth-order valence-electron chi connectivity index (χ4n) is 8.01. The summed E-state index contributed by atoms with van der Waals surface area (Å²) in [6, 6.07) is 53.3. The van der Waals surface area contributed by atoms with E-state index in [1.54, 1.807) is 6.20 Å². The Balaban J connectivity index is 1.12. The van der Waals surface area contributed by atoms with Crippen LogP contribution in [0, 0.1) is 0 Å². The van der Waals surface area contributed by atoms with Gasteiger partial charge in [-0.3, -0.25) is 4.98 Å². The molecular weight excluding hydrogens is 635 g/mol. The third kappa shape index (κ3) is 4.79. The lowest BCUT2D eigenvalue weighted by molar-refractivity contribution is 0.658. The third-order valence-electron chi connectivity index (χ3n) is 10.6. The van der Waals surface area contributed by atoms with Crippen molar-refractivity contribution in [3.63, 3.8) is 0 Å². The first-order chi connectivity index (χ1) is 25.5. The summed E-state index contributed by atoms with van der Waals surface area (Å²) in [4.78, 5) is 15.1. The Labute approximate surface area is 302 Å². The van der Waals surface area contributed by atoms with Crippen molar-refractivity contribution < 1.29 is 4.42 Å². The lowest BCUT2D eigenvalue weighted by Gasteiger charge is -2.24. The van der Waals surface area contributed by atoms with E-state index in [1.807, 2.05) is 24.4 Å². The molecule has 0 aliphatic heterocycles. The average Bonchev–Trinajstić information content (AvgIpc) is 3.70. The van der Waals surface area contributed by atoms with Crippen LogP contribution in [0.15, 0.2) is 168 Å². The molecule has 0 atom stereocenters. The fraction of sp³-hybridized carbons (Fsp3) is 0.0625. The molecule has 3 heterocycles. The molecule has 0 radical (unpaired) electrons. The van der Waals surface area contributed by atoms with E-state index in [1.165, 1.54) is 11.1 Å². The van der Waals surface area contributed by atoms with E-state index >= 15 is 0 Å². The molecule has 4 heteroatoms. The highest BCUT2D eigenvalue weighted by atomic mass is 16.3. The first-order valence-electron chi connectivity index (χ1n) is 17.7. The van der Waals surface area contributed by atoms with Crippen molar-refractivity contribution in [2.45, 2.75) is 19.3 Å². The van der Waals surface area contributed by atoms with Crippen LogP contribution in [0.2, 0.25) is 0 Å². The monoisotopic (exact) mass is 667 g/mol. The van der Waals surface area contributed by atoms with Crippen LogP contribution in [0.25, 0.3) is 89.2 Å². The molecule has 1 aliphatic carbocycles. The van der Waals surface area contributed by atoms with E-state index in [0.29, 0.717) is 5.82 Å². The Hall–Kier alpha value is -6.65. The minimum Gasteiger partial charge on any atom is -0.455 e. The number of benzene rings is 6. The maximum absolute atomic E-state index is 6.41. The number of hydrogen-bond acceptors (Lipinski definition) is 4. The summed E-state index contributed by atoms with van der Waals surface area (Å²) >= 11 is 0. The second kappa shape index (κ2) is 11.7. The zero-order valence-electron chi connectivity index (χ0n) is 28.8. The second-order valence-electron chi connectivity index (χ2n) is 14.1.